The van der Waals surface area contributed by atoms with Crippen molar-refractivity contribution in [3.05, 3.63) is 77.1 Å². The molecule has 2 amide bonds. The first-order chi connectivity index (χ1) is 15.2. The van der Waals surface area contributed by atoms with E-state index in [4.69, 9.17) is 0 Å². The van der Waals surface area contributed by atoms with Gasteiger partial charge in [0.2, 0.25) is 0 Å². The quantitative estimate of drug-likeness (QED) is 0.638. The molecular weight excluding hydrogens is 421 g/mol. The van der Waals surface area contributed by atoms with Crippen LogP contribution < -0.4 is 5.32 Å². The number of aromatic nitrogens is 2. The third kappa shape index (κ3) is 4.37. The molecule has 32 heavy (non-hydrogen) atoms. The lowest BCUT2D eigenvalue weighted by atomic mass is 10.0. The van der Waals surface area contributed by atoms with Crippen molar-refractivity contribution in [2.45, 2.75) is 25.9 Å². The summed E-state index contributed by atoms with van der Waals surface area (Å²) >= 11 is 0. The van der Waals surface area contributed by atoms with E-state index in [9.17, 15) is 22.8 Å². The summed E-state index contributed by atoms with van der Waals surface area (Å²) < 4.78 is 39.3. The molecule has 1 saturated heterocycles. The van der Waals surface area contributed by atoms with Crippen LogP contribution in [0.5, 0.6) is 0 Å². The Morgan fingerprint density at radius 2 is 1.69 bits per heavy atom. The zero-order valence-corrected chi connectivity index (χ0v) is 17.3. The van der Waals surface area contributed by atoms with Gasteiger partial charge in [-0.1, -0.05) is 6.07 Å². The van der Waals surface area contributed by atoms with Crippen molar-refractivity contribution >= 4 is 17.5 Å². The Morgan fingerprint density at radius 1 is 1.00 bits per heavy atom. The fourth-order valence-corrected chi connectivity index (χ4v) is 3.67. The molecule has 9 heteroatoms. The third-order valence-corrected chi connectivity index (χ3v) is 5.48. The molecule has 4 rings (SSSR count). The molecule has 0 unspecified atom stereocenters. The van der Waals surface area contributed by atoms with Crippen LogP contribution >= 0.6 is 0 Å². The number of carbonyl (C=O) groups is 2. The predicted octanol–water partition coefficient (Wildman–Crippen LogP) is 4.69. The molecule has 0 saturated carbocycles. The van der Waals surface area contributed by atoms with Crippen LogP contribution in [0.2, 0.25) is 0 Å². The molecule has 6 nitrogen and oxygen atoms in total. The topological polar surface area (TPSA) is 67.2 Å². The van der Waals surface area contributed by atoms with Crippen molar-refractivity contribution in [1.82, 2.24) is 14.7 Å². The summed E-state index contributed by atoms with van der Waals surface area (Å²) in [4.78, 5) is 27.3. The summed E-state index contributed by atoms with van der Waals surface area (Å²) in [5.41, 5.74) is 1.51. The van der Waals surface area contributed by atoms with Gasteiger partial charge in [-0.2, -0.15) is 18.3 Å². The minimum Gasteiger partial charge on any atom is -0.339 e. The van der Waals surface area contributed by atoms with Gasteiger partial charge in [0.1, 0.15) is 0 Å². The average molecular weight is 442 g/mol. The number of halogens is 3. The number of likely N-dealkylation sites (tertiary alicyclic amines) is 1. The largest absolute Gasteiger partial charge is 0.435 e. The third-order valence-electron chi connectivity index (χ3n) is 5.48. The van der Waals surface area contributed by atoms with Crippen LogP contribution in [0.1, 0.15) is 44.8 Å². The number of hydrogen-bond donors (Lipinski definition) is 1. The Labute approximate surface area is 182 Å². The summed E-state index contributed by atoms with van der Waals surface area (Å²) in [6, 6.07) is 12.1. The Kier molecular flexibility index (Phi) is 5.73. The molecule has 0 aliphatic carbocycles. The molecule has 0 bridgehead atoms. The Hall–Kier alpha value is -3.62. The van der Waals surface area contributed by atoms with Crippen LogP contribution in [0.25, 0.3) is 5.69 Å². The van der Waals surface area contributed by atoms with E-state index in [-0.39, 0.29) is 11.8 Å². The van der Waals surface area contributed by atoms with Crippen LogP contribution in [0.3, 0.4) is 0 Å². The van der Waals surface area contributed by atoms with Crippen molar-refractivity contribution in [3.8, 4) is 5.69 Å². The Balaban J connectivity index is 1.49. The zero-order chi connectivity index (χ0) is 22.9. The minimum atomic E-state index is -4.52. The molecule has 0 atom stereocenters. The second-order valence-electron chi connectivity index (χ2n) is 7.62. The average Bonchev–Trinajstić information content (AvgIpc) is 3.47. The lowest BCUT2D eigenvalue weighted by Crippen LogP contribution is -2.28. The molecule has 0 radical (unpaired) electrons. The van der Waals surface area contributed by atoms with Gasteiger partial charge in [0, 0.05) is 36.1 Å². The maximum absolute atomic E-state index is 12.7. The second kappa shape index (κ2) is 8.49. The summed E-state index contributed by atoms with van der Waals surface area (Å²) in [6.07, 6.45) is -1.32. The highest BCUT2D eigenvalue weighted by Gasteiger charge is 2.33. The summed E-state index contributed by atoms with van der Waals surface area (Å²) in [5, 5.41) is 6.33. The number of nitrogens with one attached hydrogen (secondary N) is 1. The van der Waals surface area contributed by atoms with Gasteiger partial charge in [-0.25, -0.2) is 4.68 Å². The first-order valence-corrected chi connectivity index (χ1v) is 10.2. The second-order valence-corrected chi connectivity index (χ2v) is 7.62. The van der Waals surface area contributed by atoms with Gasteiger partial charge in [0.05, 0.1) is 5.69 Å². The molecule has 1 N–H and O–H groups in total. The van der Waals surface area contributed by atoms with Gasteiger partial charge in [0.15, 0.2) is 5.69 Å². The van der Waals surface area contributed by atoms with E-state index < -0.39 is 11.9 Å². The first kappa shape index (κ1) is 21.6. The van der Waals surface area contributed by atoms with Gasteiger partial charge in [-0.15, -0.1) is 0 Å². The molecule has 2 heterocycles. The van der Waals surface area contributed by atoms with Crippen molar-refractivity contribution < 1.29 is 22.8 Å². The summed E-state index contributed by atoms with van der Waals surface area (Å²) in [5.74, 6) is -0.431. The van der Waals surface area contributed by atoms with Crippen molar-refractivity contribution in [3.63, 3.8) is 0 Å². The lowest BCUT2D eigenvalue weighted by molar-refractivity contribution is -0.141. The van der Waals surface area contributed by atoms with E-state index in [1.165, 1.54) is 30.5 Å². The summed E-state index contributed by atoms with van der Waals surface area (Å²) in [7, 11) is 0. The zero-order valence-electron chi connectivity index (χ0n) is 17.3. The van der Waals surface area contributed by atoms with E-state index >= 15 is 0 Å². The molecule has 2 aromatic carbocycles. The van der Waals surface area contributed by atoms with E-state index in [0.717, 1.165) is 36.7 Å². The summed E-state index contributed by atoms with van der Waals surface area (Å²) in [6.45, 7) is 3.27. The van der Waals surface area contributed by atoms with Crippen molar-refractivity contribution in [2.24, 2.45) is 0 Å². The lowest BCUT2D eigenvalue weighted by Gasteiger charge is -2.18. The number of nitrogens with zero attached hydrogens (tertiary/aromatic N) is 3. The monoisotopic (exact) mass is 442 g/mol. The van der Waals surface area contributed by atoms with Crippen LogP contribution in [0, 0.1) is 6.92 Å². The van der Waals surface area contributed by atoms with E-state index in [1.807, 2.05) is 4.90 Å². The van der Waals surface area contributed by atoms with Crippen LogP contribution in [0.4, 0.5) is 18.9 Å². The maximum Gasteiger partial charge on any atom is 0.435 e. The number of carbonyl (C=O) groups excluding carboxylic acids is 2. The van der Waals surface area contributed by atoms with Crippen LogP contribution in [0.15, 0.2) is 54.7 Å². The highest BCUT2D eigenvalue weighted by atomic mass is 19.4. The normalized spacial score (nSPS) is 13.9. The smallest absolute Gasteiger partial charge is 0.339 e. The van der Waals surface area contributed by atoms with Gasteiger partial charge < -0.3 is 10.2 Å². The molecule has 3 aromatic rings. The minimum absolute atomic E-state index is 0.0436. The highest BCUT2D eigenvalue weighted by Crippen LogP contribution is 2.28. The molecule has 0 spiro atoms. The van der Waals surface area contributed by atoms with Crippen LogP contribution in [-0.2, 0) is 6.18 Å². The molecular formula is C23H21F3N4O2. The number of rotatable bonds is 4. The SMILES string of the molecule is Cc1c(NC(=O)c2ccc(-n3ccc(C(F)(F)F)n3)cc2)cccc1C(=O)N1CCCC1. The number of benzene rings is 2. The predicted molar refractivity (Wildman–Crippen MR) is 113 cm³/mol. The van der Waals surface area contributed by atoms with Gasteiger partial charge in [0.25, 0.3) is 11.8 Å². The van der Waals surface area contributed by atoms with Gasteiger partial charge in [-0.05, 0) is 67.8 Å². The van der Waals surface area contributed by atoms with Gasteiger partial charge in [-0.3, -0.25) is 9.59 Å². The molecule has 1 aliphatic rings. The highest BCUT2D eigenvalue weighted by molar-refractivity contribution is 6.06. The van der Waals surface area contributed by atoms with Crippen LogP contribution in [-0.4, -0.2) is 39.6 Å². The van der Waals surface area contributed by atoms with E-state index in [1.54, 1.807) is 25.1 Å². The Morgan fingerprint density at radius 3 is 2.31 bits per heavy atom. The molecule has 1 fully saturated rings. The maximum atomic E-state index is 12.7. The number of hydrogen-bond acceptors (Lipinski definition) is 3. The number of anilines is 1. The van der Waals surface area contributed by atoms with Crippen molar-refractivity contribution in [2.75, 3.05) is 18.4 Å². The number of amides is 2. The fourth-order valence-electron chi connectivity index (χ4n) is 3.67. The molecule has 166 valence electrons. The van der Waals surface area contributed by atoms with Crippen molar-refractivity contribution in [1.29, 1.82) is 0 Å². The Bertz CT molecular complexity index is 1150. The first-order valence-electron chi connectivity index (χ1n) is 10.2. The van der Waals surface area contributed by atoms with E-state index in [2.05, 4.69) is 10.4 Å². The molecule has 1 aromatic heterocycles. The standard InChI is InChI=1S/C23H21F3N4O2/c1-15-18(22(32)29-12-2-3-13-29)5-4-6-19(15)27-21(31)16-7-9-17(10-8-16)30-14-11-20(28-30)23(24,25)26/h4-11,14H,2-3,12-13H2,1H3,(H,27,31). The number of alkyl halides is 3. The van der Waals surface area contributed by atoms with Gasteiger partial charge >= 0.3 is 6.18 Å². The molecule has 1 aliphatic heterocycles. The van der Waals surface area contributed by atoms with E-state index in [0.29, 0.717) is 28.1 Å². The fraction of sp³-hybridized carbons (Fsp3) is 0.261.